The van der Waals surface area contributed by atoms with E-state index in [4.69, 9.17) is 9.47 Å². The predicted octanol–water partition coefficient (Wildman–Crippen LogP) is 2.41. The summed E-state index contributed by atoms with van der Waals surface area (Å²) in [5.41, 5.74) is 2.65. The summed E-state index contributed by atoms with van der Waals surface area (Å²) < 4.78 is 11.0. The number of rotatable bonds is 0. The van der Waals surface area contributed by atoms with Crippen molar-refractivity contribution in [3.05, 3.63) is 23.3 Å². The Labute approximate surface area is 117 Å². The number of ether oxygens (including phenoxy) is 2. The van der Waals surface area contributed by atoms with Crippen LogP contribution in [-0.4, -0.2) is 23.6 Å². The van der Waals surface area contributed by atoms with Crippen molar-refractivity contribution in [1.29, 1.82) is 0 Å². The Morgan fingerprint density at radius 3 is 2.90 bits per heavy atom. The molecular weight excluding hydrogens is 254 g/mol. The Morgan fingerprint density at radius 2 is 2.00 bits per heavy atom. The van der Waals surface area contributed by atoms with Gasteiger partial charge in [0.2, 0.25) is 12.7 Å². The summed E-state index contributed by atoms with van der Waals surface area (Å²) in [4.78, 5) is 14.4. The highest BCUT2D eigenvalue weighted by atomic mass is 16.7. The van der Waals surface area contributed by atoms with Crippen LogP contribution in [0.3, 0.4) is 0 Å². The third-order valence-electron chi connectivity index (χ3n) is 5.48. The van der Waals surface area contributed by atoms with Gasteiger partial charge in [-0.2, -0.15) is 0 Å². The second-order valence-electron chi connectivity index (χ2n) is 6.42. The van der Waals surface area contributed by atoms with Crippen molar-refractivity contribution >= 4 is 5.91 Å². The highest BCUT2D eigenvalue weighted by Crippen LogP contribution is 2.51. The molecule has 4 nitrogen and oxygen atoms in total. The van der Waals surface area contributed by atoms with Crippen molar-refractivity contribution in [3.63, 3.8) is 0 Å². The first-order valence-electron chi connectivity index (χ1n) is 7.53. The van der Waals surface area contributed by atoms with Gasteiger partial charge < -0.3 is 14.4 Å². The summed E-state index contributed by atoms with van der Waals surface area (Å²) in [6.45, 7) is 1.07. The van der Waals surface area contributed by atoms with Gasteiger partial charge in [-0.05, 0) is 42.0 Å². The van der Waals surface area contributed by atoms with E-state index < -0.39 is 0 Å². The molecule has 1 saturated heterocycles. The Bertz CT molecular complexity index is 612. The van der Waals surface area contributed by atoms with Gasteiger partial charge in [-0.15, -0.1) is 0 Å². The Balaban J connectivity index is 1.66. The van der Waals surface area contributed by atoms with Gasteiger partial charge in [0.05, 0.1) is 0 Å². The molecule has 3 atom stereocenters. The molecule has 0 aromatic heterocycles. The number of benzene rings is 1. The van der Waals surface area contributed by atoms with Crippen LogP contribution in [0, 0.1) is 5.92 Å². The fraction of sp³-hybridized carbons (Fsp3) is 0.562. The monoisotopic (exact) mass is 271 g/mol. The molecule has 4 aliphatic rings. The van der Waals surface area contributed by atoms with Crippen molar-refractivity contribution in [1.82, 2.24) is 4.90 Å². The summed E-state index contributed by atoms with van der Waals surface area (Å²) in [6, 6.07) is 4.69. The van der Waals surface area contributed by atoms with Gasteiger partial charge in [-0.3, -0.25) is 4.79 Å². The molecule has 1 aromatic rings. The average Bonchev–Trinajstić information content (AvgIpc) is 3.03. The van der Waals surface area contributed by atoms with Crippen LogP contribution in [0.4, 0.5) is 0 Å². The number of hydrogen-bond acceptors (Lipinski definition) is 3. The lowest BCUT2D eigenvalue weighted by Gasteiger charge is -2.43. The van der Waals surface area contributed by atoms with Gasteiger partial charge in [0.15, 0.2) is 11.5 Å². The first-order valence-corrected chi connectivity index (χ1v) is 7.53. The number of fused-ring (bicyclic) bond motifs is 3. The molecule has 5 rings (SSSR count). The fourth-order valence-corrected chi connectivity index (χ4v) is 4.67. The summed E-state index contributed by atoms with van der Waals surface area (Å²) in [6.07, 6.45) is 4.39. The zero-order chi connectivity index (χ0) is 13.3. The topological polar surface area (TPSA) is 38.8 Å². The Morgan fingerprint density at radius 1 is 1.15 bits per heavy atom. The Hall–Kier alpha value is -1.71. The number of amides is 1. The zero-order valence-corrected chi connectivity index (χ0v) is 11.3. The largest absolute Gasteiger partial charge is 0.454 e. The van der Waals surface area contributed by atoms with Gasteiger partial charge in [-0.25, -0.2) is 0 Å². The van der Waals surface area contributed by atoms with E-state index in [1.165, 1.54) is 30.4 Å². The van der Waals surface area contributed by atoms with Crippen molar-refractivity contribution < 1.29 is 14.3 Å². The molecule has 0 bridgehead atoms. The molecule has 4 heteroatoms. The van der Waals surface area contributed by atoms with Gasteiger partial charge in [0, 0.05) is 24.9 Å². The van der Waals surface area contributed by atoms with E-state index >= 15 is 0 Å². The summed E-state index contributed by atoms with van der Waals surface area (Å²) in [5, 5.41) is 0. The molecule has 0 N–H and O–H groups in total. The molecule has 1 aliphatic carbocycles. The van der Waals surface area contributed by atoms with Gasteiger partial charge in [-0.1, -0.05) is 6.42 Å². The molecule has 2 fully saturated rings. The maximum absolute atomic E-state index is 12.3. The average molecular weight is 271 g/mol. The molecule has 0 unspecified atom stereocenters. The molecule has 20 heavy (non-hydrogen) atoms. The van der Waals surface area contributed by atoms with Crippen LogP contribution < -0.4 is 9.47 Å². The summed E-state index contributed by atoms with van der Waals surface area (Å²) in [5.74, 6) is 3.12. The highest BCUT2D eigenvalue weighted by Gasteiger charge is 2.49. The Kier molecular flexibility index (Phi) is 2.03. The molecule has 1 aromatic carbocycles. The first kappa shape index (κ1) is 11.0. The molecule has 1 amide bonds. The minimum atomic E-state index is 0.317. The van der Waals surface area contributed by atoms with Crippen LogP contribution in [0.25, 0.3) is 0 Å². The predicted molar refractivity (Wildman–Crippen MR) is 71.6 cm³/mol. The summed E-state index contributed by atoms with van der Waals surface area (Å²) in [7, 11) is 0. The van der Waals surface area contributed by atoms with E-state index in [0.29, 0.717) is 30.6 Å². The quantitative estimate of drug-likeness (QED) is 0.727. The van der Waals surface area contributed by atoms with Gasteiger partial charge >= 0.3 is 0 Å². The lowest BCUT2D eigenvalue weighted by Crippen LogP contribution is -2.44. The van der Waals surface area contributed by atoms with E-state index in [0.717, 1.165) is 24.5 Å². The molecule has 0 spiro atoms. The van der Waals surface area contributed by atoms with Crippen LogP contribution in [0.5, 0.6) is 11.5 Å². The van der Waals surface area contributed by atoms with Crippen LogP contribution in [-0.2, 0) is 11.3 Å². The van der Waals surface area contributed by atoms with E-state index in [9.17, 15) is 4.79 Å². The second kappa shape index (κ2) is 3.68. The minimum Gasteiger partial charge on any atom is -0.454 e. The standard InChI is InChI=1S/C16H17NO3/c18-15-5-9-2-1-3-11-12-6-14-13(19-8-20-14)4-10(12)7-17(15)16(9)11/h4,6,9,11,16H,1-3,5,7-8H2/t9-,11+,16+/m0/s1. The van der Waals surface area contributed by atoms with Gasteiger partial charge in [0.1, 0.15) is 0 Å². The van der Waals surface area contributed by atoms with Crippen molar-refractivity contribution in [3.8, 4) is 11.5 Å². The zero-order valence-electron chi connectivity index (χ0n) is 11.3. The van der Waals surface area contributed by atoms with E-state index in [1.807, 2.05) is 0 Å². The lowest BCUT2D eigenvalue weighted by molar-refractivity contribution is -0.130. The third kappa shape index (κ3) is 1.29. The molecule has 3 heterocycles. The SMILES string of the molecule is O=C1C[C@@H]2CCC[C@@H]3c4cc5c(cc4CN1[C@H]23)OCO5. The molecule has 104 valence electrons. The van der Waals surface area contributed by atoms with Crippen LogP contribution >= 0.6 is 0 Å². The normalized spacial score (nSPS) is 33.1. The third-order valence-corrected chi connectivity index (χ3v) is 5.48. The smallest absolute Gasteiger partial charge is 0.231 e. The number of carbonyl (C=O) groups excluding carboxylic acids is 1. The van der Waals surface area contributed by atoms with Crippen molar-refractivity contribution in [2.24, 2.45) is 5.92 Å². The van der Waals surface area contributed by atoms with Crippen LogP contribution in [0.1, 0.15) is 42.7 Å². The van der Waals surface area contributed by atoms with E-state index in [-0.39, 0.29) is 0 Å². The van der Waals surface area contributed by atoms with Crippen LogP contribution in [0.2, 0.25) is 0 Å². The maximum Gasteiger partial charge on any atom is 0.231 e. The fourth-order valence-electron chi connectivity index (χ4n) is 4.67. The molecular formula is C16H17NO3. The van der Waals surface area contributed by atoms with E-state index in [2.05, 4.69) is 17.0 Å². The highest BCUT2D eigenvalue weighted by molar-refractivity contribution is 5.80. The second-order valence-corrected chi connectivity index (χ2v) is 6.42. The minimum absolute atomic E-state index is 0.317. The molecule has 1 saturated carbocycles. The van der Waals surface area contributed by atoms with Crippen molar-refractivity contribution in [2.45, 2.75) is 44.2 Å². The van der Waals surface area contributed by atoms with Gasteiger partial charge in [0.25, 0.3) is 0 Å². The lowest BCUT2D eigenvalue weighted by atomic mass is 9.71. The van der Waals surface area contributed by atoms with Crippen LogP contribution in [0.15, 0.2) is 12.1 Å². The maximum atomic E-state index is 12.3. The number of carbonyl (C=O) groups is 1. The molecule has 3 aliphatic heterocycles. The number of hydrogen-bond donors (Lipinski definition) is 0. The summed E-state index contributed by atoms with van der Waals surface area (Å²) >= 11 is 0. The number of nitrogens with zero attached hydrogens (tertiary/aromatic N) is 1. The van der Waals surface area contributed by atoms with Crippen molar-refractivity contribution in [2.75, 3.05) is 6.79 Å². The first-order chi connectivity index (χ1) is 9.81. The van der Waals surface area contributed by atoms with E-state index in [1.54, 1.807) is 0 Å². The molecule has 0 radical (unpaired) electrons.